The van der Waals surface area contributed by atoms with Crippen molar-refractivity contribution >= 4 is 18.0 Å². The summed E-state index contributed by atoms with van der Waals surface area (Å²) in [7, 11) is 0. The summed E-state index contributed by atoms with van der Waals surface area (Å²) in [6.07, 6.45) is 1.54. The number of hydrogen-bond donors (Lipinski definition) is 0. The maximum absolute atomic E-state index is 11.9. The summed E-state index contributed by atoms with van der Waals surface area (Å²) in [5.41, 5.74) is 1.51. The first-order valence-electron chi connectivity index (χ1n) is 7.13. The van der Waals surface area contributed by atoms with Crippen molar-refractivity contribution in [2.45, 2.75) is 46.5 Å². The molecule has 1 aliphatic heterocycles. The van der Waals surface area contributed by atoms with Gasteiger partial charge in [-0.3, -0.25) is 0 Å². The minimum absolute atomic E-state index is 0.0773. The van der Waals surface area contributed by atoms with Crippen molar-refractivity contribution in [1.82, 2.24) is 0 Å². The molecule has 1 aliphatic rings. The Morgan fingerprint density at radius 1 is 1.14 bits per heavy atom. The van der Waals surface area contributed by atoms with E-state index < -0.39 is 17.7 Å². The number of aryl methyl sites for hydroxylation is 1. The molecule has 1 aromatic rings. The largest absolute Gasteiger partial charge is 0.491 e. The lowest BCUT2D eigenvalue weighted by Crippen LogP contribution is -2.41. The fraction of sp³-hybridized carbons (Fsp3) is 0.412. The summed E-state index contributed by atoms with van der Waals surface area (Å²) in [5.74, 6) is -1.81. The molecule has 0 unspecified atom stereocenters. The fourth-order valence-corrected chi connectivity index (χ4v) is 2.09. The summed E-state index contributed by atoms with van der Waals surface area (Å²) < 4.78 is 15.8. The lowest BCUT2D eigenvalue weighted by atomic mass is 10.1. The molecule has 0 bridgehead atoms. The monoisotopic (exact) mass is 304 g/mol. The van der Waals surface area contributed by atoms with Crippen molar-refractivity contribution in [1.29, 1.82) is 0 Å². The molecule has 0 radical (unpaired) electrons. The minimum Gasteiger partial charge on any atom is -0.491 e. The highest BCUT2D eigenvalue weighted by atomic mass is 16.7. The third-order valence-corrected chi connectivity index (χ3v) is 2.99. The van der Waals surface area contributed by atoms with Gasteiger partial charge in [0.15, 0.2) is 0 Å². The van der Waals surface area contributed by atoms with E-state index in [1.165, 1.54) is 19.9 Å². The van der Waals surface area contributed by atoms with E-state index in [1.54, 1.807) is 6.07 Å². The minimum atomic E-state index is -1.23. The molecule has 0 amide bonds. The Morgan fingerprint density at radius 3 is 2.23 bits per heavy atom. The molecule has 1 fully saturated rings. The zero-order valence-corrected chi connectivity index (χ0v) is 13.4. The van der Waals surface area contributed by atoms with E-state index in [1.807, 2.05) is 32.9 Å². The summed E-state index contributed by atoms with van der Waals surface area (Å²) in [6.45, 7) is 8.83. The Balaban J connectivity index is 2.28. The van der Waals surface area contributed by atoms with Gasteiger partial charge in [-0.25, -0.2) is 9.59 Å². The third-order valence-electron chi connectivity index (χ3n) is 2.99. The zero-order chi connectivity index (χ0) is 16.5. The topological polar surface area (TPSA) is 61.8 Å². The van der Waals surface area contributed by atoms with Gasteiger partial charge < -0.3 is 14.2 Å². The number of carbonyl (C=O) groups is 2. The van der Waals surface area contributed by atoms with E-state index in [9.17, 15) is 9.59 Å². The van der Waals surface area contributed by atoms with E-state index in [0.717, 1.165) is 11.3 Å². The van der Waals surface area contributed by atoms with Crippen molar-refractivity contribution in [3.8, 4) is 5.75 Å². The van der Waals surface area contributed by atoms with Crippen molar-refractivity contribution in [3.63, 3.8) is 0 Å². The first kappa shape index (κ1) is 16.1. The lowest BCUT2D eigenvalue weighted by molar-refractivity contribution is -0.222. The first-order chi connectivity index (χ1) is 10.2. The Hall–Kier alpha value is -2.30. The highest BCUT2D eigenvalue weighted by Crippen LogP contribution is 2.26. The number of hydrogen-bond acceptors (Lipinski definition) is 5. The summed E-state index contributed by atoms with van der Waals surface area (Å²) >= 11 is 0. The molecule has 1 heterocycles. The van der Waals surface area contributed by atoms with Crippen LogP contribution in [0, 0.1) is 6.92 Å². The van der Waals surface area contributed by atoms with Crippen LogP contribution in [0.4, 0.5) is 0 Å². The number of ether oxygens (including phenoxy) is 3. The summed E-state index contributed by atoms with van der Waals surface area (Å²) in [6, 6.07) is 5.42. The molecule has 0 N–H and O–H groups in total. The normalized spacial score (nSPS) is 17.1. The van der Waals surface area contributed by atoms with Gasteiger partial charge in [0.2, 0.25) is 0 Å². The average molecular weight is 304 g/mol. The van der Waals surface area contributed by atoms with E-state index in [2.05, 4.69) is 0 Å². The smallest absolute Gasteiger partial charge is 0.348 e. The predicted octanol–water partition coefficient (Wildman–Crippen LogP) is 3.00. The SMILES string of the molecule is Cc1cc(C=C2C(=O)OC(C)(C)OC2=O)ccc1OC(C)C. The quantitative estimate of drug-likeness (QED) is 0.488. The van der Waals surface area contributed by atoms with Gasteiger partial charge in [-0.15, -0.1) is 0 Å². The molecule has 5 heteroatoms. The second-order valence-electron chi connectivity index (χ2n) is 5.93. The molecule has 5 nitrogen and oxygen atoms in total. The van der Waals surface area contributed by atoms with Gasteiger partial charge in [-0.05, 0) is 50.1 Å². The van der Waals surface area contributed by atoms with Crippen molar-refractivity contribution in [2.75, 3.05) is 0 Å². The van der Waals surface area contributed by atoms with Crippen LogP contribution in [-0.2, 0) is 19.1 Å². The number of carbonyl (C=O) groups excluding carboxylic acids is 2. The Bertz CT molecular complexity index is 618. The van der Waals surface area contributed by atoms with Crippen molar-refractivity contribution in [2.24, 2.45) is 0 Å². The highest BCUT2D eigenvalue weighted by Gasteiger charge is 2.38. The maximum atomic E-state index is 11.9. The molecule has 1 saturated heterocycles. The first-order valence-corrected chi connectivity index (χ1v) is 7.13. The fourth-order valence-electron chi connectivity index (χ4n) is 2.09. The molecule has 2 rings (SSSR count). The molecule has 0 atom stereocenters. The average Bonchev–Trinajstić information content (AvgIpc) is 2.35. The number of cyclic esters (lactones) is 2. The predicted molar refractivity (Wildman–Crippen MR) is 81.2 cm³/mol. The standard InChI is InChI=1S/C17H20O5/c1-10(2)20-14-7-6-12(8-11(14)3)9-13-15(18)21-17(4,5)22-16(13)19/h6-10H,1-5H3. The number of benzene rings is 1. The van der Waals surface area contributed by atoms with Crippen molar-refractivity contribution < 1.29 is 23.8 Å². The maximum Gasteiger partial charge on any atom is 0.348 e. The zero-order valence-electron chi connectivity index (χ0n) is 13.4. The van der Waals surface area contributed by atoms with Crippen LogP contribution < -0.4 is 4.74 Å². The molecule has 118 valence electrons. The number of rotatable bonds is 3. The van der Waals surface area contributed by atoms with Crippen LogP contribution in [0.15, 0.2) is 23.8 Å². The van der Waals surface area contributed by atoms with Gasteiger partial charge in [0.05, 0.1) is 6.10 Å². The van der Waals surface area contributed by atoms with Crippen LogP contribution >= 0.6 is 0 Å². The van der Waals surface area contributed by atoms with Crippen LogP contribution in [0.1, 0.15) is 38.8 Å². The molecule has 0 saturated carbocycles. The van der Waals surface area contributed by atoms with Gasteiger partial charge in [0.25, 0.3) is 5.79 Å². The molecule has 1 aromatic carbocycles. The molecule has 0 aromatic heterocycles. The van der Waals surface area contributed by atoms with Gasteiger partial charge in [-0.1, -0.05) is 6.07 Å². The van der Waals surface area contributed by atoms with E-state index in [-0.39, 0.29) is 11.7 Å². The lowest BCUT2D eigenvalue weighted by Gasteiger charge is -2.29. The van der Waals surface area contributed by atoms with Crippen LogP contribution in [-0.4, -0.2) is 23.8 Å². The Kier molecular flexibility index (Phi) is 4.26. The Labute approximate surface area is 129 Å². The van der Waals surface area contributed by atoms with Gasteiger partial charge >= 0.3 is 11.9 Å². The molecular weight excluding hydrogens is 284 g/mol. The van der Waals surface area contributed by atoms with Crippen LogP contribution in [0.3, 0.4) is 0 Å². The molecular formula is C17H20O5. The molecule has 22 heavy (non-hydrogen) atoms. The Morgan fingerprint density at radius 2 is 1.73 bits per heavy atom. The van der Waals surface area contributed by atoms with Crippen molar-refractivity contribution in [3.05, 3.63) is 34.9 Å². The second kappa shape index (κ2) is 5.83. The summed E-state index contributed by atoms with van der Waals surface area (Å²) in [4.78, 5) is 23.8. The van der Waals surface area contributed by atoms with E-state index in [0.29, 0.717) is 5.56 Å². The number of esters is 2. The van der Waals surface area contributed by atoms with Crippen LogP contribution in [0.2, 0.25) is 0 Å². The van der Waals surface area contributed by atoms with Crippen LogP contribution in [0.5, 0.6) is 5.75 Å². The van der Waals surface area contributed by atoms with E-state index in [4.69, 9.17) is 14.2 Å². The second-order valence-corrected chi connectivity index (χ2v) is 5.93. The van der Waals surface area contributed by atoms with Crippen LogP contribution in [0.25, 0.3) is 6.08 Å². The molecule has 0 spiro atoms. The highest BCUT2D eigenvalue weighted by molar-refractivity contribution is 6.18. The van der Waals surface area contributed by atoms with Gasteiger partial charge in [0.1, 0.15) is 11.3 Å². The van der Waals surface area contributed by atoms with Gasteiger partial charge in [-0.2, -0.15) is 0 Å². The third kappa shape index (κ3) is 3.67. The van der Waals surface area contributed by atoms with Gasteiger partial charge in [0, 0.05) is 13.8 Å². The summed E-state index contributed by atoms with van der Waals surface area (Å²) in [5, 5.41) is 0. The molecule has 0 aliphatic carbocycles. The van der Waals surface area contributed by atoms with E-state index >= 15 is 0 Å².